The van der Waals surface area contributed by atoms with E-state index in [-0.39, 0.29) is 0 Å². The van der Waals surface area contributed by atoms with E-state index in [1.165, 1.54) is 0 Å². The Balaban J connectivity index is 2.11. The van der Waals surface area contributed by atoms with Crippen molar-refractivity contribution in [3.63, 3.8) is 0 Å². The third-order valence-corrected chi connectivity index (χ3v) is 3.57. The molecule has 0 aliphatic carbocycles. The van der Waals surface area contributed by atoms with Gasteiger partial charge in [-0.25, -0.2) is 9.97 Å². The van der Waals surface area contributed by atoms with Gasteiger partial charge in [0.15, 0.2) is 5.82 Å². The van der Waals surface area contributed by atoms with E-state index in [1.54, 1.807) is 17.5 Å². The molecule has 0 fully saturated rings. The summed E-state index contributed by atoms with van der Waals surface area (Å²) in [7, 11) is 0. The second kappa shape index (κ2) is 5.32. The molecule has 0 aromatic carbocycles. The molecule has 3 aromatic rings. The first-order chi connectivity index (χ1) is 9.38. The molecular weight excluding hydrogens is 256 g/mol. The summed E-state index contributed by atoms with van der Waals surface area (Å²) in [6.07, 6.45) is 2.82. The maximum absolute atomic E-state index is 4.60. The van der Waals surface area contributed by atoms with E-state index in [2.05, 4.69) is 33.3 Å². The van der Waals surface area contributed by atoms with Crippen LogP contribution >= 0.6 is 11.3 Å². The Morgan fingerprint density at radius 1 is 1.21 bits per heavy atom. The smallest absolute Gasteiger partial charge is 0.181 e. The van der Waals surface area contributed by atoms with Crippen LogP contribution < -0.4 is 5.32 Å². The van der Waals surface area contributed by atoms with Gasteiger partial charge >= 0.3 is 0 Å². The summed E-state index contributed by atoms with van der Waals surface area (Å²) < 4.78 is 0. The van der Waals surface area contributed by atoms with Gasteiger partial charge < -0.3 is 5.32 Å². The van der Waals surface area contributed by atoms with Crippen LogP contribution in [0.1, 0.15) is 13.3 Å². The molecule has 0 bridgehead atoms. The van der Waals surface area contributed by atoms with Crippen LogP contribution in [0, 0.1) is 0 Å². The third-order valence-electron chi connectivity index (χ3n) is 2.76. The number of anilines is 1. The van der Waals surface area contributed by atoms with Crippen molar-refractivity contribution in [2.75, 3.05) is 11.9 Å². The predicted molar refractivity (Wildman–Crippen MR) is 79.4 cm³/mol. The molecule has 0 saturated carbocycles. The average molecular weight is 270 g/mol. The molecule has 4 nitrogen and oxygen atoms in total. The fraction of sp³-hybridized carbons (Fsp3) is 0.214. The van der Waals surface area contributed by atoms with Gasteiger partial charge in [-0.1, -0.05) is 13.0 Å². The molecule has 0 saturated heterocycles. The molecule has 3 rings (SSSR count). The fourth-order valence-electron chi connectivity index (χ4n) is 1.84. The maximum Gasteiger partial charge on any atom is 0.181 e. The minimum atomic E-state index is 0.675. The zero-order valence-corrected chi connectivity index (χ0v) is 11.4. The first-order valence-electron chi connectivity index (χ1n) is 6.29. The molecule has 0 spiro atoms. The number of hydrogen-bond donors (Lipinski definition) is 1. The van der Waals surface area contributed by atoms with Crippen molar-refractivity contribution < 1.29 is 0 Å². The van der Waals surface area contributed by atoms with Crippen LogP contribution in [0.4, 0.5) is 5.82 Å². The van der Waals surface area contributed by atoms with Gasteiger partial charge in [-0.2, -0.15) is 0 Å². The van der Waals surface area contributed by atoms with Crippen LogP contribution in [-0.4, -0.2) is 21.5 Å². The molecule has 3 aromatic heterocycles. The Hall–Kier alpha value is -2.01. The molecule has 19 heavy (non-hydrogen) atoms. The van der Waals surface area contributed by atoms with Gasteiger partial charge in [0.05, 0.1) is 5.39 Å². The Kier molecular flexibility index (Phi) is 3.37. The minimum Gasteiger partial charge on any atom is -0.369 e. The molecule has 0 aliphatic rings. The van der Waals surface area contributed by atoms with Crippen molar-refractivity contribution in [1.29, 1.82) is 0 Å². The van der Waals surface area contributed by atoms with E-state index >= 15 is 0 Å². The molecule has 0 amide bonds. The first kappa shape index (κ1) is 12.0. The van der Waals surface area contributed by atoms with E-state index in [0.29, 0.717) is 5.82 Å². The SMILES string of the molecule is CCCNc1nc(-c2ccccn2)nc2sccc12. The number of thiophene rings is 1. The molecule has 96 valence electrons. The lowest BCUT2D eigenvalue weighted by Gasteiger charge is -2.07. The molecule has 0 aliphatic heterocycles. The lowest BCUT2D eigenvalue weighted by Crippen LogP contribution is -2.04. The first-order valence-corrected chi connectivity index (χ1v) is 7.17. The molecule has 3 heterocycles. The quantitative estimate of drug-likeness (QED) is 0.787. The standard InChI is InChI=1S/C14H14N4S/c1-2-7-16-12-10-6-9-19-14(10)18-13(17-12)11-5-3-4-8-15-11/h3-6,8-9H,2,7H2,1H3,(H,16,17,18). The Morgan fingerprint density at radius 2 is 2.16 bits per heavy atom. The van der Waals surface area contributed by atoms with Gasteiger partial charge in [0, 0.05) is 12.7 Å². The van der Waals surface area contributed by atoms with Crippen molar-refractivity contribution in [3.8, 4) is 11.5 Å². The molecular formula is C14H14N4S. The predicted octanol–water partition coefficient (Wildman–Crippen LogP) is 3.58. The van der Waals surface area contributed by atoms with Crippen LogP contribution in [0.25, 0.3) is 21.7 Å². The molecule has 0 unspecified atom stereocenters. The molecule has 1 N–H and O–H groups in total. The molecule has 5 heteroatoms. The van der Waals surface area contributed by atoms with Crippen LogP contribution in [0.3, 0.4) is 0 Å². The van der Waals surface area contributed by atoms with E-state index in [0.717, 1.165) is 34.7 Å². The fourth-order valence-corrected chi connectivity index (χ4v) is 2.61. The van der Waals surface area contributed by atoms with Gasteiger partial charge in [-0.05, 0) is 30.0 Å². The maximum atomic E-state index is 4.60. The van der Waals surface area contributed by atoms with Crippen LogP contribution in [0.5, 0.6) is 0 Å². The molecule has 0 radical (unpaired) electrons. The number of nitrogens with one attached hydrogen (secondary N) is 1. The highest BCUT2D eigenvalue weighted by molar-refractivity contribution is 7.16. The summed E-state index contributed by atoms with van der Waals surface area (Å²) in [6, 6.07) is 7.82. The van der Waals surface area contributed by atoms with Gasteiger partial charge in [0.1, 0.15) is 16.3 Å². The lowest BCUT2D eigenvalue weighted by atomic mass is 10.3. The number of fused-ring (bicyclic) bond motifs is 1. The lowest BCUT2D eigenvalue weighted by molar-refractivity contribution is 0.970. The van der Waals surface area contributed by atoms with Crippen LogP contribution in [0.15, 0.2) is 35.8 Å². The Morgan fingerprint density at radius 3 is 2.95 bits per heavy atom. The van der Waals surface area contributed by atoms with Gasteiger partial charge in [-0.15, -0.1) is 11.3 Å². The number of pyridine rings is 1. The van der Waals surface area contributed by atoms with Gasteiger partial charge in [0.25, 0.3) is 0 Å². The van der Waals surface area contributed by atoms with E-state index < -0.39 is 0 Å². The van der Waals surface area contributed by atoms with Crippen molar-refractivity contribution in [3.05, 3.63) is 35.8 Å². The number of rotatable bonds is 4. The number of nitrogens with zero attached hydrogens (tertiary/aromatic N) is 3. The van der Waals surface area contributed by atoms with Crippen molar-refractivity contribution in [1.82, 2.24) is 15.0 Å². The van der Waals surface area contributed by atoms with Crippen LogP contribution in [0.2, 0.25) is 0 Å². The van der Waals surface area contributed by atoms with E-state index in [1.807, 2.05) is 23.6 Å². The number of hydrogen-bond acceptors (Lipinski definition) is 5. The summed E-state index contributed by atoms with van der Waals surface area (Å²) in [5.74, 6) is 1.57. The summed E-state index contributed by atoms with van der Waals surface area (Å²) in [5.41, 5.74) is 0.803. The van der Waals surface area contributed by atoms with Gasteiger partial charge in [-0.3, -0.25) is 4.98 Å². The van der Waals surface area contributed by atoms with Crippen LogP contribution in [-0.2, 0) is 0 Å². The summed E-state index contributed by atoms with van der Waals surface area (Å²) in [4.78, 5) is 14.5. The molecule has 0 atom stereocenters. The summed E-state index contributed by atoms with van der Waals surface area (Å²) in [6.45, 7) is 3.04. The normalized spacial score (nSPS) is 10.8. The zero-order chi connectivity index (χ0) is 13.1. The largest absolute Gasteiger partial charge is 0.369 e. The highest BCUT2D eigenvalue weighted by atomic mass is 32.1. The summed E-state index contributed by atoms with van der Waals surface area (Å²) in [5, 5.41) is 6.48. The number of aromatic nitrogens is 3. The Labute approximate surface area is 115 Å². The second-order valence-electron chi connectivity index (χ2n) is 4.18. The third kappa shape index (κ3) is 2.42. The van der Waals surface area contributed by atoms with Crippen molar-refractivity contribution >= 4 is 27.4 Å². The van der Waals surface area contributed by atoms with Gasteiger partial charge in [0.2, 0.25) is 0 Å². The second-order valence-corrected chi connectivity index (χ2v) is 5.07. The van der Waals surface area contributed by atoms with E-state index in [4.69, 9.17) is 0 Å². The van der Waals surface area contributed by atoms with Crippen molar-refractivity contribution in [2.45, 2.75) is 13.3 Å². The zero-order valence-electron chi connectivity index (χ0n) is 10.6. The minimum absolute atomic E-state index is 0.675. The van der Waals surface area contributed by atoms with E-state index in [9.17, 15) is 0 Å². The highest BCUT2D eigenvalue weighted by Gasteiger charge is 2.10. The highest BCUT2D eigenvalue weighted by Crippen LogP contribution is 2.27. The monoisotopic (exact) mass is 270 g/mol. The Bertz CT molecular complexity index is 678. The average Bonchev–Trinajstić information content (AvgIpc) is 2.94. The topological polar surface area (TPSA) is 50.7 Å². The summed E-state index contributed by atoms with van der Waals surface area (Å²) >= 11 is 1.62. The van der Waals surface area contributed by atoms with Crippen molar-refractivity contribution in [2.24, 2.45) is 0 Å².